The Bertz CT molecular complexity index is 1410. The Morgan fingerprint density at radius 2 is 1.80 bits per heavy atom. The van der Waals surface area contributed by atoms with Crippen molar-refractivity contribution in [3.05, 3.63) is 63.7 Å². The number of ketones is 2. The van der Waals surface area contributed by atoms with Crippen LogP contribution in [0.15, 0.2) is 40.9 Å². The predicted octanol–water partition coefficient (Wildman–Crippen LogP) is 5.01. The van der Waals surface area contributed by atoms with Crippen molar-refractivity contribution in [2.24, 2.45) is 0 Å². The highest BCUT2D eigenvalue weighted by atomic mass is 16.6. The van der Waals surface area contributed by atoms with E-state index in [-0.39, 0.29) is 67.0 Å². The monoisotopic (exact) mass is 555 g/mol. The van der Waals surface area contributed by atoms with E-state index in [1.807, 2.05) is 0 Å². The Kier molecular flexibility index (Phi) is 9.81. The van der Waals surface area contributed by atoms with Crippen molar-refractivity contribution in [3.8, 4) is 0 Å². The van der Waals surface area contributed by atoms with E-state index in [1.54, 1.807) is 45.0 Å². The number of rotatable bonds is 13. The van der Waals surface area contributed by atoms with E-state index in [2.05, 4.69) is 10.1 Å². The fraction of sp³-hybridized carbons (Fsp3) is 0.429. The molecule has 0 aliphatic heterocycles. The number of methoxy groups -OCH3 is 1. The molecule has 0 bridgehead atoms. The number of fused-ring (bicyclic) bond motifs is 1. The lowest BCUT2D eigenvalue weighted by atomic mass is 10.0. The summed E-state index contributed by atoms with van der Waals surface area (Å²) in [5.41, 5.74) is 0.461. The third kappa shape index (κ3) is 8.52. The quantitative estimate of drug-likeness (QED) is 0.100. The van der Waals surface area contributed by atoms with Gasteiger partial charge >= 0.3 is 12.1 Å². The fourth-order valence-corrected chi connectivity index (χ4v) is 4.00. The number of alkyl carbamates (subject to hydrolysis) is 1. The van der Waals surface area contributed by atoms with E-state index in [0.29, 0.717) is 29.4 Å². The molecule has 0 aliphatic carbocycles. The molecule has 1 aromatic carbocycles. The number of esters is 1. The highest BCUT2D eigenvalue weighted by Crippen LogP contribution is 2.24. The van der Waals surface area contributed by atoms with E-state index in [4.69, 9.17) is 9.15 Å². The van der Waals surface area contributed by atoms with Crippen LogP contribution in [0.4, 0.5) is 10.5 Å². The Morgan fingerprint density at radius 1 is 1.05 bits per heavy atom. The van der Waals surface area contributed by atoms with Gasteiger partial charge in [0.15, 0.2) is 17.3 Å². The predicted molar refractivity (Wildman–Crippen MR) is 144 cm³/mol. The molecule has 2 heterocycles. The van der Waals surface area contributed by atoms with Gasteiger partial charge in [0.1, 0.15) is 11.2 Å². The van der Waals surface area contributed by atoms with Crippen molar-refractivity contribution in [1.29, 1.82) is 0 Å². The van der Waals surface area contributed by atoms with E-state index in [1.165, 1.54) is 23.9 Å². The molecule has 1 N–H and O–H groups in total. The van der Waals surface area contributed by atoms with Gasteiger partial charge in [-0.2, -0.15) is 0 Å². The number of nitrogens with one attached hydrogen (secondary N) is 1. The summed E-state index contributed by atoms with van der Waals surface area (Å²) in [5.74, 6) is -0.798. The van der Waals surface area contributed by atoms with Crippen LogP contribution in [0.5, 0.6) is 0 Å². The van der Waals surface area contributed by atoms with E-state index < -0.39 is 16.6 Å². The fourth-order valence-electron chi connectivity index (χ4n) is 4.00. The van der Waals surface area contributed by atoms with Crippen LogP contribution in [-0.2, 0) is 27.2 Å². The smallest absolute Gasteiger partial charge is 0.407 e. The molecule has 3 aromatic rings. The Hall–Kier alpha value is -4.48. The van der Waals surface area contributed by atoms with Crippen LogP contribution >= 0.6 is 0 Å². The third-order valence-corrected chi connectivity index (χ3v) is 5.86. The summed E-state index contributed by atoms with van der Waals surface area (Å²) in [6.07, 6.45) is 1.73. The Morgan fingerprint density at radius 3 is 2.48 bits per heavy atom. The Balaban J connectivity index is 1.66. The summed E-state index contributed by atoms with van der Waals surface area (Å²) in [6.45, 7) is 5.79. The zero-order valence-corrected chi connectivity index (χ0v) is 23.0. The molecule has 3 rings (SSSR count). The van der Waals surface area contributed by atoms with E-state index >= 15 is 0 Å². The number of ether oxygens (including phenoxy) is 2. The number of Topliss-reactive ketones (excluding diaryl/α,β-unsaturated/α-hetero) is 2. The highest BCUT2D eigenvalue weighted by Gasteiger charge is 2.21. The number of hydrogen-bond donors (Lipinski definition) is 1. The first-order valence-corrected chi connectivity index (χ1v) is 12.8. The molecule has 214 valence electrons. The highest BCUT2D eigenvalue weighted by molar-refractivity contribution is 5.99. The van der Waals surface area contributed by atoms with Gasteiger partial charge in [-0.1, -0.05) is 6.07 Å². The van der Waals surface area contributed by atoms with Gasteiger partial charge in [0.2, 0.25) is 0 Å². The number of amides is 1. The molecular formula is C28H33N3O9. The Labute approximate surface area is 230 Å². The van der Waals surface area contributed by atoms with Gasteiger partial charge in [-0.3, -0.25) is 24.5 Å². The minimum Gasteiger partial charge on any atom is -0.469 e. The van der Waals surface area contributed by atoms with Crippen molar-refractivity contribution in [2.45, 2.75) is 65.0 Å². The van der Waals surface area contributed by atoms with Crippen LogP contribution in [0.1, 0.15) is 73.1 Å². The topological polar surface area (TPSA) is 160 Å². The molecule has 0 fully saturated rings. The first-order valence-electron chi connectivity index (χ1n) is 12.8. The zero-order chi connectivity index (χ0) is 29.4. The summed E-state index contributed by atoms with van der Waals surface area (Å²) < 4.78 is 16.9. The second-order valence-electron chi connectivity index (χ2n) is 10.3. The molecule has 1 amide bonds. The van der Waals surface area contributed by atoms with Gasteiger partial charge in [-0.05, 0) is 57.4 Å². The number of furan rings is 1. The molecule has 0 unspecified atom stereocenters. The van der Waals surface area contributed by atoms with Crippen LogP contribution in [0.3, 0.4) is 0 Å². The summed E-state index contributed by atoms with van der Waals surface area (Å²) >= 11 is 0. The number of nitrogens with zero attached hydrogens (tertiary/aromatic N) is 2. The molecular weight excluding hydrogens is 522 g/mol. The maximum absolute atomic E-state index is 13.2. The molecule has 0 atom stereocenters. The van der Waals surface area contributed by atoms with Crippen LogP contribution < -0.4 is 5.32 Å². The molecule has 0 radical (unpaired) electrons. The van der Waals surface area contributed by atoms with Gasteiger partial charge in [0, 0.05) is 43.8 Å². The van der Waals surface area contributed by atoms with Crippen LogP contribution in [0, 0.1) is 10.1 Å². The lowest BCUT2D eigenvalue weighted by Gasteiger charge is -2.19. The molecule has 12 heteroatoms. The number of aromatic nitrogens is 1. The zero-order valence-electron chi connectivity index (χ0n) is 23.0. The van der Waals surface area contributed by atoms with Crippen molar-refractivity contribution in [3.63, 3.8) is 0 Å². The number of nitro groups is 1. The minimum atomic E-state index is -0.632. The average molecular weight is 556 g/mol. The lowest BCUT2D eigenvalue weighted by Crippen LogP contribution is -2.33. The molecule has 12 nitrogen and oxygen atoms in total. The maximum atomic E-state index is 13.2. The van der Waals surface area contributed by atoms with Gasteiger partial charge in [-0.15, -0.1) is 0 Å². The lowest BCUT2D eigenvalue weighted by molar-refractivity contribution is -0.384. The maximum Gasteiger partial charge on any atom is 0.407 e. The van der Waals surface area contributed by atoms with Crippen molar-refractivity contribution in [1.82, 2.24) is 9.88 Å². The molecule has 0 aliphatic rings. The largest absolute Gasteiger partial charge is 0.469 e. The molecule has 40 heavy (non-hydrogen) atoms. The average Bonchev–Trinajstić information content (AvgIpc) is 3.50. The standard InChI is InChI=1S/C28H33N3O9/c1-28(2,3)40-27(35)29-11-6-12-30-17-20(31(36)37)16-21(30)23(33)14-18-9-10-24-19(13-18)15-25(39-24)22(32)7-5-8-26(34)38-4/h9-10,13,15-17H,5-8,11-12,14H2,1-4H3,(H,29,35). The van der Waals surface area contributed by atoms with Crippen LogP contribution in [0.2, 0.25) is 0 Å². The first kappa shape index (κ1) is 30.1. The summed E-state index contributed by atoms with van der Waals surface area (Å²) in [7, 11) is 1.29. The summed E-state index contributed by atoms with van der Waals surface area (Å²) in [4.78, 5) is 59.5. The van der Waals surface area contributed by atoms with Crippen molar-refractivity contribution < 1.29 is 38.0 Å². The summed E-state index contributed by atoms with van der Waals surface area (Å²) in [6, 6.07) is 7.92. The number of hydrogen-bond acceptors (Lipinski definition) is 9. The minimum absolute atomic E-state index is 0.0269. The van der Waals surface area contributed by atoms with Gasteiger partial charge in [0.05, 0.1) is 23.9 Å². The molecule has 0 spiro atoms. The van der Waals surface area contributed by atoms with E-state index in [9.17, 15) is 29.3 Å². The number of aryl methyl sites for hydroxylation is 1. The molecule has 0 saturated carbocycles. The second kappa shape index (κ2) is 13.0. The summed E-state index contributed by atoms with van der Waals surface area (Å²) in [5, 5.41) is 14.6. The van der Waals surface area contributed by atoms with Crippen LogP contribution in [-0.4, -0.2) is 52.4 Å². The van der Waals surface area contributed by atoms with Gasteiger partial charge in [-0.25, -0.2) is 4.79 Å². The second-order valence-corrected chi connectivity index (χ2v) is 10.3. The molecule has 0 saturated heterocycles. The van der Waals surface area contributed by atoms with Crippen molar-refractivity contribution in [2.75, 3.05) is 13.7 Å². The van der Waals surface area contributed by atoms with Crippen LogP contribution in [0.25, 0.3) is 11.0 Å². The first-order chi connectivity index (χ1) is 18.9. The van der Waals surface area contributed by atoms with Gasteiger partial charge < -0.3 is 23.8 Å². The number of carbonyl (C=O) groups is 4. The number of benzene rings is 1. The van der Waals surface area contributed by atoms with Crippen molar-refractivity contribution >= 4 is 40.3 Å². The third-order valence-electron chi connectivity index (χ3n) is 5.86. The van der Waals surface area contributed by atoms with Gasteiger partial charge in [0.25, 0.3) is 5.69 Å². The molecule has 2 aromatic heterocycles. The number of carbonyl (C=O) groups excluding carboxylic acids is 4. The SMILES string of the molecule is COC(=O)CCCC(=O)c1cc2cc(CC(=O)c3cc([N+](=O)[O-])cn3CCCNC(=O)OC(C)(C)C)ccc2o1. The normalized spacial score (nSPS) is 11.3. The van der Waals surface area contributed by atoms with E-state index in [0.717, 1.165) is 0 Å².